The number of nitrogens with zero attached hydrogens (tertiary/aromatic N) is 1. The number of rotatable bonds is 3. The molecule has 0 amide bonds. The first kappa shape index (κ1) is 13.5. The van der Waals surface area contributed by atoms with Crippen LogP contribution < -0.4 is 5.32 Å². The molecule has 0 bridgehead atoms. The molecule has 2 rings (SSSR count). The van der Waals surface area contributed by atoms with Crippen LogP contribution in [0.4, 0.5) is 4.39 Å². The van der Waals surface area contributed by atoms with Gasteiger partial charge in [-0.15, -0.1) is 0 Å². The highest BCUT2D eigenvalue weighted by Crippen LogP contribution is 2.13. The maximum absolute atomic E-state index is 12.8. The largest absolute Gasteiger partial charge is 0.312 e. The van der Waals surface area contributed by atoms with Crippen molar-refractivity contribution in [3.05, 3.63) is 35.6 Å². The van der Waals surface area contributed by atoms with Gasteiger partial charge in [-0.05, 0) is 24.6 Å². The number of halogens is 1. The fourth-order valence-corrected chi connectivity index (χ4v) is 3.65. The lowest BCUT2D eigenvalue weighted by atomic mass is 10.2. The van der Waals surface area contributed by atoms with Crippen LogP contribution in [0.25, 0.3) is 0 Å². The maximum atomic E-state index is 12.8. The normalized spacial score (nSPS) is 22.0. The first-order valence-corrected chi connectivity index (χ1v) is 7.54. The minimum absolute atomic E-state index is 0.0694. The van der Waals surface area contributed by atoms with Crippen LogP contribution in [0.2, 0.25) is 0 Å². The van der Waals surface area contributed by atoms with Crippen LogP contribution in [0, 0.1) is 5.82 Å². The van der Waals surface area contributed by atoms with E-state index in [4.69, 9.17) is 0 Å². The SMILES string of the molecule is C[C@H]1CN(S(=O)(=O)Cc2ccc(F)cc2)CCN1. The average Bonchev–Trinajstić information content (AvgIpc) is 2.32. The van der Waals surface area contributed by atoms with E-state index in [1.54, 1.807) is 0 Å². The highest BCUT2D eigenvalue weighted by molar-refractivity contribution is 7.88. The molecule has 100 valence electrons. The maximum Gasteiger partial charge on any atom is 0.218 e. The summed E-state index contributed by atoms with van der Waals surface area (Å²) in [6, 6.07) is 5.76. The topological polar surface area (TPSA) is 49.4 Å². The van der Waals surface area contributed by atoms with E-state index < -0.39 is 10.0 Å². The lowest BCUT2D eigenvalue weighted by molar-refractivity contribution is 0.310. The van der Waals surface area contributed by atoms with Crippen molar-refractivity contribution in [3.8, 4) is 0 Å². The Hall–Kier alpha value is -0.980. The second-order valence-corrected chi connectivity index (χ2v) is 6.56. The summed E-state index contributed by atoms with van der Waals surface area (Å²) < 4.78 is 38.6. The van der Waals surface area contributed by atoms with Crippen LogP contribution in [0.15, 0.2) is 24.3 Å². The number of sulfonamides is 1. The molecule has 1 aliphatic heterocycles. The molecule has 1 aromatic rings. The molecule has 1 atom stereocenters. The Morgan fingerprint density at radius 2 is 2.06 bits per heavy atom. The molecule has 0 aliphatic carbocycles. The van der Waals surface area contributed by atoms with Crippen molar-refractivity contribution >= 4 is 10.0 Å². The van der Waals surface area contributed by atoms with Gasteiger partial charge in [-0.2, -0.15) is 4.31 Å². The van der Waals surface area contributed by atoms with E-state index in [0.717, 1.165) is 0 Å². The highest BCUT2D eigenvalue weighted by Gasteiger charge is 2.26. The van der Waals surface area contributed by atoms with Crippen LogP contribution in [-0.2, 0) is 15.8 Å². The van der Waals surface area contributed by atoms with Crippen molar-refractivity contribution in [2.45, 2.75) is 18.7 Å². The summed E-state index contributed by atoms with van der Waals surface area (Å²) in [6.07, 6.45) is 0. The molecule has 0 spiro atoms. The number of hydrogen-bond acceptors (Lipinski definition) is 3. The lowest BCUT2D eigenvalue weighted by Crippen LogP contribution is -2.51. The van der Waals surface area contributed by atoms with Gasteiger partial charge in [0.25, 0.3) is 0 Å². The monoisotopic (exact) mass is 272 g/mol. The Morgan fingerprint density at radius 3 is 2.67 bits per heavy atom. The Kier molecular flexibility index (Phi) is 3.99. The predicted molar refractivity (Wildman–Crippen MR) is 68.1 cm³/mol. The molecule has 1 aromatic carbocycles. The van der Waals surface area contributed by atoms with Gasteiger partial charge in [-0.25, -0.2) is 12.8 Å². The number of hydrogen-bond donors (Lipinski definition) is 1. The Morgan fingerprint density at radius 1 is 1.39 bits per heavy atom. The van der Waals surface area contributed by atoms with Gasteiger partial charge in [0.05, 0.1) is 5.75 Å². The van der Waals surface area contributed by atoms with Crippen LogP contribution in [0.1, 0.15) is 12.5 Å². The second kappa shape index (κ2) is 5.34. The molecule has 6 heteroatoms. The van der Waals surface area contributed by atoms with E-state index in [1.165, 1.54) is 28.6 Å². The third-order valence-electron chi connectivity index (χ3n) is 2.99. The number of nitrogens with one attached hydrogen (secondary N) is 1. The van der Waals surface area contributed by atoms with E-state index in [9.17, 15) is 12.8 Å². The summed E-state index contributed by atoms with van der Waals surface area (Å²) in [5.74, 6) is -0.424. The molecule has 1 fully saturated rings. The zero-order valence-corrected chi connectivity index (χ0v) is 11.1. The minimum Gasteiger partial charge on any atom is -0.312 e. The minimum atomic E-state index is -3.31. The van der Waals surface area contributed by atoms with Crippen molar-refractivity contribution in [2.24, 2.45) is 0 Å². The zero-order chi connectivity index (χ0) is 13.2. The molecule has 0 radical (unpaired) electrons. The van der Waals surface area contributed by atoms with Gasteiger partial charge in [0.1, 0.15) is 5.82 Å². The van der Waals surface area contributed by atoms with Gasteiger partial charge >= 0.3 is 0 Å². The van der Waals surface area contributed by atoms with Crippen LogP contribution in [-0.4, -0.2) is 38.4 Å². The molecule has 0 unspecified atom stereocenters. The first-order valence-electron chi connectivity index (χ1n) is 5.93. The fourth-order valence-electron chi connectivity index (χ4n) is 2.03. The molecule has 1 aliphatic rings. The van der Waals surface area contributed by atoms with Crippen LogP contribution >= 0.6 is 0 Å². The van der Waals surface area contributed by atoms with Crippen molar-refractivity contribution in [3.63, 3.8) is 0 Å². The highest BCUT2D eigenvalue weighted by atomic mass is 32.2. The molecular weight excluding hydrogens is 255 g/mol. The Labute approximate surface area is 107 Å². The third-order valence-corrected chi connectivity index (χ3v) is 4.80. The molecule has 1 saturated heterocycles. The van der Waals surface area contributed by atoms with Crippen molar-refractivity contribution in [1.82, 2.24) is 9.62 Å². The quantitative estimate of drug-likeness (QED) is 0.891. The lowest BCUT2D eigenvalue weighted by Gasteiger charge is -2.31. The average molecular weight is 272 g/mol. The standard InChI is InChI=1S/C12H17FN2O2S/c1-10-8-15(7-6-14-10)18(16,17)9-11-2-4-12(13)5-3-11/h2-5,10,14H,6-9H2,1H3/t10-/m0/s1. The van der Waals surface area contributed by atoms with Crippen LogP contribution in [0.5, 0.6) is 0 Å². The van der Waals surface area contributed by atoms with Gasteiger partial charge in [0.15, 0.2) is 0 Å². The number of benzene rings is 1. The number of piperazine rings is 1. The summed E-state index contributed by atoms with van der Waals surface area (Å²) in [6.45, 7) is 3.61. The molecule has 18 heavy (non-hydrogen) atoms. The van der Waals surface area contributed by atoms with E-state index in [1.807, 2.05) is 6.92 Å². The molecule has 0 aromatic heterocycles. The molecule has 4 nitrogen and oxygen atoms in total. The molecule has 1 N–H and O–H groups in total. The van der Waals surface area contributed by atoms with Crippen molar-refractivity contribution in [1.29, 1.82) is 0 Å². The van der Waals surface area contributed by atoms with Gasteiger partial charge in [0, 0.05) is 25.7 Å². The molecular formula is C12H17FN2O2S. The van der Waals surface area contributed by atoms with Gasteiger partial charge in [-0.3, -0.25) is 0 Å². The van der Waals surface area contributed by atoms with Gasteiger partial charge < -0.3 is 5.32 Å². The van der Waals surface area contributed by atoms with Crippen molar-refractivity contribution in [2.75, 3.05) is 19.6 Å². The van der Waals surface area contributed by atoms with E-state index >= 15 is 0 Å². The van der Waals surface area contributed by atoms with E-state index in [-0.39, 0.29) is 17.6 Å². The van der Waals surface area contributed by atoms with Crippen molar-refractivity contribution < 1.29 is 12.8 Å². The Balaban J connectivity index is 2.09. The van der Waals surface area contributed by atoms with Gasteiger partial charge in [-0.1, -0.05) is 12.1 Å². The first-order chi connectivity index (χ1) is 8.47. The fraction of sp³-hybridized carbons (Fsp3) is 0.500. The molecule has 0 saturated carbocycles. The van der Waals surface area contributed by atoms with Gasteiger partial charge in [0.2, 0.25) is 10.0 Å². The Bertz CT molecular complexity index is 501. The van der Waals surface area contributed by atoms with Crippen LogP contribution in [0.3, 0.4) is 0 Å². The predicted octanol–water partition coefficient (Wildman–Crippen LogP) is 0.949. The summed E-state index contributed by atoms with van der Waals surface area (Å²) >= 11 is 0. The summed E-state index contributed by atoms with van der Waals surface area (Å²) in [5.41, 5.74) is 0.614. The zero-order valence-electron chi connectivity index (χ0n) is 10.3. The summed E-state index contributed by atoms with van der Waals surface area (Å²) in [4.78, 5) is 0. The second-order valence-electron chi connectivity index (χ2n) is 4.60. The summed E-state index contributed by atoms with van der Waals surface area (Å²) in [5, 5.41) is 3.20. The summed E-state index contributed by atoms with van der Waals surface area (Å²) in [7, 11) is -3.31. The smallest absolute Gasteiger partial charge is 0.218 e. The van der Waals surface area contributed by atoms with E-state index in [0.29, 0.717) is 25.2 Å². The third kappa shape index (κ3) is 3.28. The molecule has 1 heterocycles. The van der Waals surface area contributed by atoms with E-state index in [2.05, 4.69) is 5.32 Å².